The van der Waals surface area contributed by atoms with E-state index in [-0.39, 0.29) is 57.1 Å². The SMILES string of the molecule is [2H]c1c([2H])c([2H])c(Nc2c(Cl)cc(O)cc2Cl)c(CC(=O)N(C)C)c1[2H]. The van der Waals surface area contributed by atoms with Crippen LogP contribution in [0.25, 0.3) is 0 Å². The Morgan fingerprint density at radius 2 is 1.86 bits per heavy atom. The summed E-state index contributed by atoms with van der Waals surface area (Å²) in [5.74, 6) is -0.482. The monoisotopic (exact) mass is 342 g/mol. The molecule has 0 aromatic heterocycles. The van der Waals surface area contributed by atoms with Gasteiger partial charge in [0, 0.05) is 31.9 Å². The summed E-state index contributed by atoms with van der Waals surface area (Å²) < 4.78 is 31.9. The third kappa shape index (κ3) is 3.84. The van der Waals surface area contributed by atoms with Crippen molar-refractivity contribution in [3.05, 3.63) is 51.9 Å². The van der Waals surface area contributed by atoms with Gasteiger partial charge in [-0.2, -0.15) is 0 Å². The van der Waals surface area contributed by atoms with Crippen molar-refractivity contribution in [3.8, 4) is 5.75 Å². The normalized spacial score (nSPS) is 12.9. The number of nitrogens with one attached hydrogen (secondary N) is 1. The van der Waals surface area contributed by atoms with Gasteiger partial charge in [0.05, 0.1) is 27.6 Å². The molecule has 0 saturated heterocycles. The molecule has 2 aromatic rings. The van der Waals surface area contributed by atoms with Gasteiger partial charge in [-0.05, 0) is 11.6 Å². The van der Waals surface area contributed by atoms with Gasteiger partial charge in [0.25, 0.3) is 0 Å². The van der Waals surface area contributed by atoms with Crippen LogP contribution in [0.3, 0.4) is 0 Å². The van der Waals surface area contributed by atoms with Crippen molar-refractivity contribution in [2.24, 2.45) is 0 Å². The number of nitrogens with zero attached hydrogens (tertiary/aromatic N) is 1. The summed E-state index contributed by atoms with van der Waals surface area (Å²) in [6, 6.07) is 0.912. The van der Waals surface area contributed by atoms with Gasteiger partial charge in [-0.3, -0.25) is 4.79 Å². The lowest BCUT2D eigenvalue weighted by molar-refractivity contribution is -0.127. The molecule has 4 nitrogen and oxygen atoms in total. The maximum atomic E-state index is 12.1. The summed E-state index contributed by atoms with van der Waals surface area (Å²) in [5, 5.41) is 12.5. The summed E-state index contributed by atoms with van der Waals surface area (Å²) in [4.78, 5) is 13.4. The topological polar surface area (TPSA) is 52.6 Å². The Kier molecular flexibility index (Phi) is 3.65. The maximum Gasteiger partial charge on any atom is 0.226 e. The predicted molar refractivity (Wildman–Crippen MR) is 90.2 cm³/mol. The number of amides is 1. The van der Waals surface area contributed by atoms with E-state index in [0.29, 0.717) is 0 Å². The van der Waals surface area contributed by atoms with E-state index >= 15 is 0 Å². The van der Waals surface area contributed by atoms with Crippen molar-refractivity contribution in [3.63, 3.8) is 0 Å². The van der Waals surface area contributed by atoms with E-state index < -0.39 is 12.1 Å². The number of benzene rings is 2. The van der Waals surface area contributed by atoms with Gasteiger partial charge in [-0.25, -0.2) is 0 Å². The zero-order chi connectivity index (χ0) is 19.8. The van der Waals surface area contributed by atoms with Gasteiger partial charge >= 0.3 is 0 Å². The minimum Gasteiger partial charge on any atom is -0.508 e. The first kappa shape index (κ1) is 11.6. The van der Waals surface area contributed by atoms with Crippen molar-refractivity contribution >= 4 is 40.5 Å². The Balaban J connectivity index is 2.65. The molecular weight excluding hydrogens is 323 g/mol. The molecule has 0 aliphatic rings. The summed E-state index contributed by atoms with van der Waals surface area (Å²) in [7, 11) is 3.10. The molecule has 0 fully saturated rings. The molecule has 0 radical (unpaired) electrons. The number of carbonyl (C=O) groups excluding carboxylic acids is 1. The molecule has 2 aromatic carbocycles. The third-order valence-electron chi connectivity index (χ3n) is 2.87. The number of aromatic hydroxyl groups is 1. The van der Waals surface area contributed by atoms with E-state index in [2.05, 4.69) is 5.32 Å². The minimum atomic E-state index is -0.454. The fraction of sp³-hybridized carbons (Fsp3) is 0.188. The molecule has 2 rings (SSSR count). The molecule has 0 atom stereocenters. The van der Waals surface area contributed by atoms with Crippen LogP contribution in [0.5, 0.6) is 5.75 Å². The second-order valence-corrected chi connectivity index (χ2v) is 5.54. The van der Waals surface area contributed by atoms with Crippen LogP contribution < -0.4 is 5.32 Å². The first-order chi connectivity index (χ1) is 12.0. The largest absolute Gasteiger partial charge is 0.508 e. The number of anilines is 2. The maximum absolute atomic E-state index is 12.1. The first-order valence-electron chi connectivity index (χ1n) is 8.29. The average Bonchev–Trinajstić information content (AvgIpc) is 2.55. The average molecular weight is 343 g/mol. The van der Waals surface area contributed by atoms with Crippen molar-refractivity contribution in [2.75, 3.05) is 19.4 Å². The zero-order valence-electron chi connectivity index (χ0n) is 15.9. The highest BCUT2D eigenvalue weighted by atomic mass is 35.5. The molecule has 0 aliphatic heterocycles. The Hall–Kier alpha value is -1.91. The van der Waals surface area contributed by atoms with Gasteiger partial charge in [-0.15, -0.1) is 0 Å². The smallest absolute Gasteiger partial charge is 0.226 e. The molecule has 0 heterocycles. The first-order valence-corrected chi connectivity index (χ1v) is 7.04. The Morgan fingerprint density at radius 3 is 2.45 bits per heavy atom. The molecule has 0 bridgehead atoms. The minimum absolute atomic E-state index is 0.000639. The van der Waals surface area contributed by atoms with Crippen LogP contribution in [0, 0.1) is 0 Å². The highest BCUT2D eigenvalue weighted by Gasteiger charge is 2.13. The Labute approximate surface area is 144 Å². The molecule has 116 valence electrons. The fourth-order valence-corrected chi connectivity index (χ4v) is 2.26. The summed E-state index contributed by atoms with van der Waals surface area (Å²) in [6.07, 6.45) is -0.237. The van der Waals surface area contributed by atoms with Gasteiger partial charge in [0.15, 0.2) is 0 Å². The van der Waals surface area contributed by atoms with E-state index in [9.17, 15) is 9.90 Å². The van der Waals surface area contributed by atoms with Crippen LogP contribution >= 0.6 is 23.2 Å². The predicted octanol–water partition coefficient (Wildman–Crippen LogP) is 4.07. The van der Waals surface area contributed by atoms with Crippen LogP contribution in [0.2, 0.25) is 10.0 Å². The summed E-state index contributed by atoms with van der Waals surface area (Å²) in [5.41, 5.74) is 0.255. The lowest BCUT2D eigenvalue weighted by Gasteiger charge is -2.16. The second kappa shape index (κ2) is 6.90. The van der Waals surface area contributed by atoms with E-state index in [1.165, 1.54) is 17.0 Å². The van der Waals surface area contributed by atoms with Crippen LogP contribution in [0.4, 0.5) is 11.4 Å². The number of halogens is 2. The quantitative estimate of drug-likeness (QED) is 0.823. The van der Waals surface area contributed by atoms with E-state index in [0.717, 1.165) is 0 Å². The Morgan fingerprint density at radius 1 is 1.27 bits per heavy atom. The van der Waals surface area contributed by atoms with Crippen molar-refractivity contribution in [2.45, 2.75) is 6.42 Å². The van der Waals surface area contributed by atoms with Gasteiger partial charge in [0.1, 0.15) is 5.75 Å². The van der Waals surface area contributed by atoms with Crippen LogP contribution in [0.1, 0.15) is 11.0 Å². The number of hydrogen-bond acceptors (Lipinski definition) is 3. The fourth-order valence-electron chi connectivity index (χ4n) is 1.69. The molecule has 0 spiro atoms. The molecule has 0 unspecified atom stereocenters. The standard InChI is InChI=1S/C16H16Cl2N2O2/c1-20(2)15(22)7-10-5-3-4-6-14(10)19-16-12(17)8-11(21)9-13(16)18/h3-6,8-9,19,21H,7H2,1-2H3/i3D,4D,5D,6D. The van der Waals surface area contributed by atoms with Gasteiger partial charge in [0.2, 0.25) is 5.91 Å². The highest BCUT2D eigenvalue weighted by Crippen LogP contribution is 2.37. The van der Waals surface area contributed by atoms with E-state index in [1.807, 2.05) is 0 Å². The van der Waals surface area contributed by atoms with E-state index in [4.69, 9.17) is 28.7 Å². The molecule has 1 amide bonds. The number of phenols is 1. The molecule has 2 N–H and O–H groups in total. The molecule has 0 saturated carbocycles. The Bertz CT molecular complexity index is 868. The number of rotatable bonds is 4. The highest BCUT2D eigenvalue weighted by molar-refractivity contribution is 6.39. The molecular formula is C16H16Cl2N2O2. The van der Waals surface area contributed by atoms with Gasteiger partial charge < -0.3 is 15.3 Å². The number of likely N-dealkylation sites (N-methyl/N-ethyl adjacent to an activating group) is 1. The number of phenolic OH excluding ortho intramolecular Hbond substituents is 1. The number of para-hydroxylation sites is 1. The summed E-state index contributed by atoms with van der Waals surface area (Å²) in [6.45, 7) is 0. The van der Waals surface area contributed by atoms with Crippen LogP contribution in [-0.2, 0) is 11.2 Å². The van der Waals surface area contributed by atoms with Crippen molar-refractivity contribution in [1.82, 2.24) is 4.90 Å². The molecule has 6 heteroatoms. The lowest BCUT2D eigenvalue weighted by Crippen LogP contribution is -2.23. The zero-order valence-corrected chi connectivity index (χ0v) is 13.4. The van der Waals surface area contributed by atoms with E-state index in [1.54, 1.807) is 14.1 Å². The number of carbonyl (C=O) groups is 1. The van der Waals surface area contributed by atoms with Crippen LogP contribution in [-0.4, -0.2) is 30.0 Å². The van der Waals surface area contributed by atoms with Crippen LogP contribution in [0.15, 0.2) is 36.3 Å². The molecule has 22 heavy (non-hydrogen) atoms. The third-order valence-corrected chi connectivity index (χ3v) is 3.47. The number of hydrogen-bond donors (Lipinski definition) is 2. The van der Waals surface area contributed by atoms with Crippen molar-refractivity contribution < 1.29 is 15.4 Å². The van der Waals surface area contributed by atoms with Crippen molar-refractivity contribution in [1.29, 1.82) is 0 Å². The second-order valence-electron chi connectivity index (χ2n) is 4.73. The van der Waals surface area contributed by atoms with Gasteiger partial charge in [-0.1, -0.05) is 41.3 Å². The summed E-state index contributed by atoms with van der Waals surface area (Å²) >= 11 is 12.2. The molecule has 0 aliphatic carbocycles. The lowest BCUT2D eigenvalue weighted by atomic mass is 10.1.